The van der Waals surface area contributed by atoms with Crippen molar-refractivity contribution in [1.29, 1.82) is 0 Å². The number of fused-ring (bicyclic) bond motifs is 1. The van der Waals surface area contributed by atoms with E-state index in [1.54, 1.807) is 0 Å². The van der Waals surface area contributed by atoms with Crippen LogP contribution in [0.1, 0.15) is 61.6 Å². The van der Waals surface area contributed by atoms with Crippen molar-refractivity contribution in [3.8, 4) is 5.75 Å². The summed E-state index contributed by atoms with van der Waals surface area (Å²) in [5.41, 5.74) is 1.99. The maximum atomic E-state index is 11.9. The second-order valence-electron chi connectivity index (χ2n) is 6.25. The molecule has 0 aromatic heterocycles. The van der Waals surface area contributed by atoms with Crippen LogP contribution in [0.15, 0.2) is 12.1 Å². The highest BCUT2D eigenvalue weighted by atomic mass is 16.4. The van der Waals surface area contributed by atoms with Crippen LogP contribution >= 0.6 is 0 Å². The molecule has 2 aliphatic carbocycles. The standard InChI is InChI=1S/C17H22O3/c18-15-13-7-3-2-6-12(13)8-9-14(15)17(16(19)20)10-4-1-5-11-17/h8-9,18H,1-7,10-11H2,(H,19,20). The molecule has 3 nitrogen and oxygen atoms in total. The molecule has 0 atom stereocenters. The molecule has 0 spiro atoms. The second-order valence-corrected chi connectivity index (χ2v) is 6.25. The molecular weight excluding hydrogens is 252 g/mol. The zero-order valence-electron chi connectivity index (χ0n) is 11.8. The van der Waals surface area contributed by atoms with Crippen molar-refractivity contribution >= 4 is 5.97 Å². The molecule has 3 rings (SSSR count). The zero-order chi connectivity index (χ0) is 14.2. The van der Waals surface area contributed by atoms with Gasteiger partial charge in [0, 0.05) is 5.56 Å². The van der Waals surface area contributed by atoms with E-state index in [-0.39, 0.29) is 5.75 Å². The Balaban J connectivity index is 2.10. The molecular formula is C17H22O3. The minimum absolute atomic E-state index is 0.270. The SMILES string of the molecule is O=C(O)C1(c2ccc3c(c2O)CCCC3)CCCCC1. The fraction of sp³-hybridized carbons (Fsp3) is 0.588. The van der Waals surface area contributed by atoms with Gasteiger partial charge in [-0.05, 0) is 49.7 Å². The number of phenols is 1. The molecule has 20 heavy (non-hydrogen) atoms. The fourth-order valence-corrected chi connectivity index (χ4v) is 3.95. The van der Waals surface area contributed by atoms with E-state index < -0.39 is 11.4 Å². The summed E-state index contributed by atoms with van der Waals surface area (Å²) in [6.45, 7) is 0. The highest BCUT2D eigenvalue weighted by Gasteiger charge is 2.43. The lowest BCUT2D eigenvalue weighted by Gasteiger charge is -2.35. The second kappa shape index (κ2) is 5.12. The smallest absolute Gasteiger partial charge is 0.314 e. The number of carbonyl (C=O) groups is 1. The highest BCUT2D eigenvalue weighted by Crippen LogP contribution is 2.45. The average molecular weight is 274 g/mol. The minimum Gasteiger partial charge on any atom is -0.507 e. The number of carboxylic acids is 1. The van der Waals surface area contributed by atoms with Crippen LogP contribution in [0, 0.1) is 0 Å². The molecule has 1 aromatic rings. The molecule has 3 heteroatoms. The van der Waals surface area contributed by atoms with Crippen LogP contribution in [0.3, 0.4) is 0 Å². The number of aromatic hydroxyl groups is 1. The van der Waals surface area contributed by atoms with E-state index in [1.165, 1.54) is 5.56 Å². The topological polar surface area (TPSA) is 57.5 Å². The van der Waals surface area contributed by atoms with Crippen LogP contribution < -0.4 is 0 Å². The number of aliphatic carboxylic acids is 1. The van der Waals surface area contributed by atoms with Crippen molar-refractivity contribution < 1.29 is 15.0 Å². The predicted molar refractivity (Wildman–Crippen MR) is 77.1 cm³/mol. The van der Waals surface area contributed by atoms with E-state index >= 15 is 0 Å². The number of phenolic OH excluding ortho intramolecular Hbond substituents is 1. The Morgan fingerprint density at radius 1 is 1.00 bits per heavy atom. The van der Waals surface area contributed by atoms with Gasteiger partial charge in [0.1, 0.15) is 5.75 Å². The Morgan fingerprint density at radius 2 is 1.70 bits per heavy atom. The number of hydrogen-bond acceptors (Lipinski definition) is 2. The van der Waals surface area contributed by atoms with E-state index in [9.17, 15) is 15.0 Å². The largest absolute Gasteiger partial charge is 0.507 e. The lowest BCUT2D eigenvalue weighted by Crippen LogP contribution is -2.38. The molecule has 1 saturated carbocycles. The van der Waals surface area contributed by atoms with E-state index in [4.69, 9.17) is 0 Å². The molecule has 1 fully saturated rings. The third kappa shape index (κ3) is 2.00. The quantitative estimate of drug-likeness (QED) is 0.867. The maximum absolute atomic E-state index is 11.9. The van der Waals surface area contributed by atoms with Gasteiger partial charge in [-0.3, -0.25) is 4.79 Å². The van der Waals surface area contributed by atoms with Gasteiger partial charge in [-0.1, -0.05) is 31.4 Å². The first-order valence-electron chi connectivity index (χ1n) is 7.73. The van der Waals surface area contributed by atoms with Gasteiger partial charge in [-0.25, -0.2) is 0 Å². The Bertz CT molecular complexity index is 527. The van der Waals surface area contributed by atoms with Crippen molar-refractivity contribution in [3.63, 3.8) is 0 Å². The Hall–Kier alpha value is -1.51. The molecule has 2 N–H and O–H groups in total. The van der Waals surface area contributed by atoms with Gasteiger partial charge in [-0.15, -0.1) is 0 Å². The normalized spacial score (nSPS) is 21.2. The molecule has 0 saturated heterocycles. The van der Waals surface area contributed by atoms with Crippen molar-refractivity contribution in [3.05, 3.63) is 28.8 Å². The molecule has 0 bridgehead atoms. The molecule has 1 aromatic carbocycles. The third-order valence-electron chi connectivity index (χ3n) is 5.13. The Kier molecular flexibility index (Phi) is 3.45. The van der Waals surface area contributed by atoms with Crippen molar-refractivity contribution in [1.82, 2.24) is 0 Å². The van der Waals surface area contributed by atoms with Gasteiger partial charge in [-0.2, -0.15) is 0 Å². The Morgan fingerprint density at radius 3 is 2.40 bits per heavy atom. The van der Waals surface area contributed by atoms with Crippen molar-refractivity contribution in [2.45, 2.75) is 63.2 Å². The van der Waals surface area contributed by atoms with Gasteiger partial charge in [0.05, 0.1) is 5.41 Å². The zero-order valence-corrected chi connectivity index (χ0v) is 11.8. The predicted octanol–water partition coefficient (Wildman–Crippen LogP) is 3.56. The van der Waals surface area contributed by atoms with Crippen LogP contribution in [0.25, 0.3) is 0 Å². The molecule has 0 amide bonds. The average Bonchev–Trinajstić information content (AvgIpc) is 2.48. The number of benzene rings is 1. The lowest BCUT2D eigenvalue weighted by atomic mass is 9.68. The van der Waals surface area contributed by atoms with Crippen LogP contribution in [0.4, 0.5) is 0 Å². The van der Waals surface area contributed by atoms with Gasteiger partial charge in [0.2, 0.25) is 0 Å². The number of hydrogen-bond donors (Lipinski definition) is 2. The van der Waals surface area contributed by atoms with E-state index in [0.29, 0.717) is 18.4 Å². The van der Waals surface area contributed by atoms with E-state index in [2.05, 4.69) is 0 Å². The monoisotopic (exact) mass is 274 g/mol. The summed E-state index contributed by atoms with van der Waals surface area (Å²) in [5, 5.41) is 20.4. The van der Waals surface area contributed by atoms with Crippen LogP contribution in [-0.4, -0.2) is 16.2 Å². The van der Waals surface area contributed by atoms with Gasteiger partial charge in [0.25, 0.3) is 0 Å². The maximum Gasteiger partial charge on any atom is 0.314 e. The molecule has 2 aliphatic rings. The summed E-state index contributed by atoms with van der Waals surface area (Å²) in [4.78, 5) is 11.9. The number of carboxylic acid groups (broad SMARTS) is 1. The molecule has 0 heterocycles. The van der Waals surface area contributed by atoms with E-state index in [0.717, 1.165) is 50.5 Å². The fourth-order valence-electron chi connectivity index (χ4n) is 3.95. The summed E-state index contributed by atoms with van der Waals surface area (Å²) < 4.78 is 0. The lowest BCUT2D eigenvalue weighted by molar-refractivity contribution is -0.145. The Labute approximate surface area is 119 Å². The first-order valence-corrected chi connectivity index (χ1v) is 7.73. The molecule has 0 radical (unpaired) electrons. The first-order chi connectivity index (χ1) is 9.65. The van der Waals surface area contributed by atoms with Crippen LogP contribution in [-0.2, 0) is 23.1 Å². The van der Waals surface area contributed by atoms with E-state index in [1.807, 2.05) is 12.1 Å². The molecule has 108 valence electrons. The van der Waals surface area contributed by atoms with Crippen LogP contribution in [0.5, 0.6) is 5.75 Å². The molecule has 0 aliphatic heterocycles. The van der Waals surface area contributed by atoms with Gasteiger partial charge in [0.15, 0.2) is 0 Å². The molecule has 0 unspecified atom stereocenters. The van der Waals surface area contributed by atoms with Gasteiger partial charge >= 0.3 is 5.97 Å². The number of aryl methyl sites for hydroxylation is 1. The number of rotatable bonds is 2. The van der Waals surface area contributed by atoms with Gasteiger partial charge < -0.3 is 10.2 Å². The third-order valence-corrected chi connectivity index (χ3v) is 5.13. The summed E-state index contributed by atoms with van der Waals surface area (Å²) >= 11 is 0. The van der Waals surface area contributed by atoms with Crippen molar-refractivity contribution in [2.24, 2.45) is 0 Å². The first kappa shape index (κ1) is 13.5. The van der Waals surface area contributed by atoms with Crippen molar-refractivity contribution in [2.75, 3.05) is 0 Å². The summed E-state index contributed by atoms with van der Waals surface area (Å²) in [7, 11) is 0. The minimum atomic E-state index is -0.866. The summed E-state index contributed by atoms with van der Waals surface area (Å²) in [5.74, 6) is -0.505. The summed E-state index contributed by atoms with van der Waals surface area (Å²) in [6.07, 6.45) is 8.39. The summed E-state index contributed by atoms with van der Waals surface area (Å²) in [6, 6.07) is 3.92. The van der Waals surface area contributed by atoms with Crippen LogP contribution in [0.2, 0.25) is 0 Å². The highest BCUT2D eigenvalue weighted by molar-refractivity contribution is 5.83.